The van der Waals surface area contributed by atoms with Gasteiger partial charge in [0.05, 0.1) is 36.8 Å². The van der Waals surface area contributed by atoms with E-state index in [9.17, 15) is 14.4 Å². The molecule has 3 aromatic rings. The van der Waals surface area contributed by atoms with Gasteiger partial charge in [0, 0.05) is 12.1 Å². The maximum absolute atomic E-state index is 13.6. The monoisotopic (exact) mass is 561 g/mol. The number of anilines is 2. The number of ether oxygens (including phenoxy) is 3. The molecule has 1 heterocycles. The largest absolute Gasteiger partial charge is 0.494 e. The lowest BCUT2D eigenvalue weighted by atomic mass is 10.2. The number of carbonyl (C=O) groups is 3. The molecule has 1 fully saturated rings. The van der Waals surface area contributed by atoms with Crippen LogP contribution >= 0.6 is 11.8 Å². The lowest BCUT2D eigenvalue weighted by Crippen LogP contribution is -2.33. The van der Waals surface area contributed by atoms with E-state index in [0.717, 1.165) is 5.75 Å². The minimum Gasteiger partial charge on any atom is -0.494 e. The predicted molar refractivity (Wildman–Crippen MR) is 157 cm³/mol. The number of carbonyl (C=O) groups excluding carboxylic acids is 3. The predicted octanol–water partition coefficient (Wildman–Crippen LogP) is 5.83. The number of esters is 1. The number of thioether (sulfide) groups is 1. The topological polar surface area (TPSA) is 107 Å². The maximum atomic E-state index is 13.6. The van der Waals surface area contributed by atoms with Crippen LogP contribution in [-0.4, -0.2) is 48.0 Å². The summed E-state index contributed by atoms with van der Waals surface area (Å²) in [5, 5.41) is 2.59. The van der Waals surface area contributed by atoms with Crippen LogP contribution in [0.5, 0.6) is 11.5 Å². The lowest BCUT2D eigenvalue weighted by Gasteiger charge is -2.17. The summed E-state index contributed by atoms with van der Waals surface area (Å²) in [6.07, 6.45) is -0.0566. The minimum atomic E-state index is -0.674. The first-order valence-corrected chi connectivity index (χ1v) is 13.9. The van der Waals surface area contributed by atoms with Gasteiger partial charge in [-0.25, -0.2) is 9.79 Å². The smallest absolute Gasteiger partial charge is 0.338 e. The van der Waals surface area contributed by atoms with Crippen LogP contribution in [0.25, 0.3) is 0 Å². The summed E-state index contributed by atoms with van der Waals surface area (Å²) >= 11 is 1.24. The molecular formula is C30H31N3O6S. The molecule has 2 amide bonds. The summed E-state index contributed by atoms with van der Waals surface area (Å²) in [4.78, 5) is 44.6. The summed E-state index contributed by atoms with van der Waals surface area (Å²) in [6, 6.07) is 20.9. The number of rotatable bonds is 11. The summed E-state index contributed by atoms with van der Waals surface area (Å²) in [6.45, 7) is 6.93. The van der Waals surface area contributed by atoms with Crippen molar-refractivity contribution in [2.75, 3.05) is 30.0 Å². The molecule has 9 nitrogen and oxygen atoms in total. The Kier molecular flexibility index (Phi) is 9.80. The average Bonchev–Trinajstić information content (AvgIpc) is 3.25. The van der Waals surface area contributed by atoms with E-state index in [4.69, 9.17) is 19.2 Å². The van der Waals surface area contributed by atoms with Crippen LogP contribution < -0.4 is 19.7 Å². The molecule has 3 aromatic carbocycles. The molecule has 40 heavy (non-hydrogen) atoms. The van der Waals surface area contributed by atoms with E-state index in [1.807, 2.05) is 38.1 Å². The number of benzene rings is 3. The molecule has 0 aromatic heterocycles. The molecule has 0 spiro atoms. The van der Waals surface area contributed by atoms with Crippen LogP contribution in [0.3, 0.4) is 0 Å². The van der Waals surface area contributed by atoms with Gasteiger partial charge >= 0.3 is 5.97 Å². The quantitative estimate of drug-likeness (QED) is 0.294. The van der Waals surface area contributed by atoms with Gasteiger partial charge in [-0.1, -0.05) is 11.8 Å². The molecule has 4 rings (SSSR count). The molecule has 0 bridgehead atoms. The highest BCUT2D eigenvalue weighted by molar-refractivity contribution is 8.16. The summed E-state index contributed by atoms with van der Waals surface area (Å²) in [5.74, 6) is 0.424. The first-order chi connectivity index (χ1) is 19.4. The van der Waals surface area contributed by atoms with Crippen LogP contribution in [0.2, 0.25) is 0 Å². The standard InChI is InChI=1S/C30H31N3O6S/c1-4-37-24-15-11-22(12-16-24)32-30-33(23-13-17-25(18-14-23)38-5-2)28(35)26(40-30)19-27(34)31-21-9-7-20(8-10-21)29(36)39-6-3/h7-18,26H,4-6,19H2,1-3H3,(H,31,34)/t26-/m0/s1. The van der Waals surface area contributed by atoms with Crippen LogP contribution in [-0.2, 0) is 14.3 Å². The molecule has 1 atom stereocenters. The van der Waals surface area contributed by atoms with Crippen molar-refractivity contribution < 1.29 is 28.6 Å². The summed E-state index contributed by atoms with van der Waals surface area (Å²) in [5.41, 5.74) is 2.19. The van der Waals surface area contributed by atoms with Crippen molar-refractivity contribution in [3.05, 3.63) is 78.4 Å². The second kappa shape index (κ2) is 13.7. The number of hydrogen-bond acceptors (Lipinski definition) is 8. The highest BCUT2D eigenvalue weighted by atomic mass is 32.2. The van der Waals surface area contributed by atoms with Gasteiger partial charge in [-0.2, -0.15) is 0 Å². The van der Waals surface area contributed by atoms with Crippen LogP contribution in [0, 0.1) is 0 Å². The number of aliphatic imine (C=N–C) groups is 1. The molecule has 0 aliphatic carbocycles. The molecule has 1 aliphatic rings. The van der Waals surface area contributed by atoms with E-state index in [1.54, 1.807) is 55.5 Å². The van der Waals surface area contributed by atoms with Crippen molar-refractivity contribution in [1.82, 2.24) is 0 Å². The maximum Gasteiger partial charge on any atom is 0.338 e. The number of nitrogens with one attached hydrogen (secondary N) is 1. The summed E-state index contributed by atoms with van der Waals surface area (Å²) in [7, 11) is 0. The molecule has 208 valence electrons. The Morgan fingerprint density at radius 3 is 2.02 bits per heavy atom. The van der Waals surface area contributed by atoms with E-state index in [-0.39, 0.29) is 24.8 Å². The molecule has 0 radical (unpaired) electrons. The van der Waals surface area contributed by atoms with Crippen molar-refractivity contribution >= 4 is 51.8 Å². The average molecular weight is 562 g/mol. The van der Waals surface area contributed by atoms with Gasteiger partial charge in [-0.05, 0) is 93.6 Å². The van der Waals surface area contributed by atoms with Gasteiger partial charge < -0.3 is 19.5 Å². The highest BCUT2D eigenvalue weighted by Gasteiger charge is 2.40. The van der Waals surface area contributed by atoms with Gasteiger partial charge in [-0.15, -0.1) is 0 Å². The van der Waals surface area contributed by atoms with Gasteiger partial charge in [0.1, 0.15) is 16.7 Å². The number of amidine groups is 1. The Morgan fingerprint density at radius 1 is 0.850 bits per heavy atom. The third-order valence-electron chi connectivity index (χ3n) is 5.76. The van der Waals surface area contributed by atoms with Gasteiger partial charge in [0.25, 0.3) is 0 Å². The number of nitrogens with zero attached hydrogens (tertiary/aromatic N) is 2. The van der Waals surface area contributed by atoms with Crippen LogP contribution in [0.1, 0.15) is 37.6 Å². The first-order valence-electron chi connectivity index (χ1n) is 13.0. The minimum absolute atomic E-state index is 0.0566. The highest BCUT2D eigenvalue weighted by Crippen LogP contribution is 2.36. The Bertz CT molecular complexity index is 1360. The molecule has 0 saturated carbocycles. The Hall–Kier alpha value is -4.31. The second-order valence-corrected chi connectivity index (χ2v) is 9.75. The van der Waals surface area contributed by atoms with E-state index >= 15 is 0 Å². The van der Waals surface area contributed by atoms with Crippen molar-refractivity contribution in [1.29, 1.82) is 0 Å². The second-order valence-electron chi connectivity index (χ2n) is 8.58. The number of amides is 2. The zero-order valence-corrected chi connectivity index (χ0v) is 23.4. The molecule has 10 heteroatoms. The van der Waals surface area contributed by atoms with Crippen molar-refractivity contribution in [3.8, 4) is 11.5 Å². The van der Waals surface area contributed by atoms with Crippen LogP contribution in [0.15, 0.2) is 77.8 Å². The van der Waals surface area contributed by atoms with Crippen LogP contribution in [0.4, 0.5) is 17.1 Å². The third kappa shape index (κ3) is 7.20. The molecule has 1 N–H and O–H groups in total. The molecule has 1 aliphatic heterocycles. The fraction of sp³-hybridized carbons (Fsp3) is 0.267. The fourth-order valence-electron chi connectivity index (χ4n) is 3.95. The van der Waals surface area contributed by atoms with Crippen molar-refractivity contribution in [2.24, 2.45) is 4.99 Å². The fourth-order valence-corrected chi connectivity index (χ4v) is 5.10. The van der Waals surface area contributed by atoms with E-state index in [2.05, 4.69) is 5.32 Å². The van der Waals surface area contributed by atoms with E-state index in [0.29, 0.717) is 46.8 Å². The summed E-state index contributed by atoms with van der Waals surface area (Å²) < 4.78 is 16.0. The van der Waals surface area contributed by atoms with Crippen molar-refractivity contribution in [3.63, 3.8) is 0 Å². The zero-order chi connectivity index (χ0) is 28.5. The molecule has 1 saturated heterocycles. The Morgan fingerprint density at radius 2 is 1.45 bits per heavy atom. The lowest BCUT2D eigenvalue weighted by molar-refractivity contribution is -0.121. The molecular weight excluding hydrogens is 530 g/mol. The Labute approximate surface area is 237 Å². The first kappa shape index (κ1) is 28.7. The third-order valence-corrected chi connectivity index (χ3v) is 6.90. The van der Waals surface area contributed by atoms with E-state index < -0.39 is 11.2 Å². The van der Waals surface area contributed by atoms with Gasteiger partial charge in [0.15, 0.2) is 5.17 Å². The van der Waals surface area contributed by atoms with Gasteiger partial charge in [0.2, 0.25) is 11.8 Å². The zero-order valence-electron chi connectivity index (χ0n) is 22.6. The van der Waals surface area contributed by atoms with E-state index in [1.165, 1.54) is 16.7 Å². The van der Waals surface area contributed by atoms with Crippen molar-refractivity contribution in [2.45, 2.75) is 32.4 Å². The Balaban J connectivity index is 1.52. The SMILES string of the molecule is CCOC(=O)c1ccc(NC(=O)C[C@@H]2SC(=Nc3ccc(OCC)cc3)N(c3ccc(OCC)cc3)C2=O)cc1. The normalized spacial score (nSPS) is 15.7. The molecule has 0 unspecified atom stereocenters. The number of hydrogen-bond donors (Lipinski definition) is 1. The van der Waals surface area contributed by atoms with Gasteiger partial charge in [-0.3, -0.25) is 14.5 Å².